The van der Waals surface area contributed by atoms with Crippen LogP contribution in [0.3, 0.4) is 0 Å². The van der Waals surface area contributed by atoms with Crippen molar-refractivity contribution in [2.45, 2.75) is 20.5 Å². The molecule has 5 aromatic rings. The van der Waals surface area contributed by atoms with E-state index in [4.69, 9.17) is 18.6 Å². The van der Waals surface area contributed by atoms with Crippen molar-refractivity contribution in [1.29, 1.82) is 0 Å². The average molecular weight is 587 g/mol. The maximum absolute atomic E-state index is 12.6. The molecule has 1 N–H and O–H groups in total. The lowest BCUT2D eigenvalue weighted by atomic mass is 10.1. The molecule has 39 heavy (non-hydrogen) atoms. The summed E-state index contributed by atoms with van der Waals surface area (Å²) in [6, 6.07) is 25.2. The number of furan rings is 1. The Morgan fingerprint density at radius 1 is 0.897 bits per heavy atom. The summed E-state index contributed by atoms with van der Waals surface area (Å²) in [6.07, 6.45) is 1.54. The predicted molar refractivity (Wildman–Crippen MR) is 156 cm³/mol. The fraction of sp³-hybridized carbons (Fsp3) is 0.161. The lowest BCUT2D eigenvalue weighted by molar-refractivity contribution is 0.0929. The second-order valence-electron chi connectivity index (χ2n) is 8.68. The summed E-state index contributed by atoms with van der Waals surface area (Å²) in [7, 11) is 0. The van der Waals surface area contributed by atoms with E-state index in [9.17, 15) is 4.79 Å². The SMILES string of the molecule is CCOc1ccc2oc(C(=O)N/N=C/c3cc(Br)c(OCc4ccc5ccccc5c4)c(OCC)c3)cc2c1. The number of amides is 1. The largest absolute Gasteiger partial charge is 0.494 e. The van der Waals surface area contributed by atoms with Gasteiger partial charge < -0.3 is 18.6 Å². The van der Waals surface area contributed by atoms with E-state index in [1.54, 1.807) is 18.2 Å². The van der Waals surface area contributed by atoms with E-state index in [-0.39, 0.29) is 5.76 Å². The minimum Gasteiger partial charge on any atom is -0.494 e. The summed E-state index contributed by atoms with van der Waals surface area (Å²) in [5.74, 6) is 1.59. The van der Waals surface area contributed by atoms with Crippen LogP contribution in [0.5, 0.6) is 17.2 Å². The number of fused-ring (bicyclic) bond motifs is 2. The molecule has 1 amide bonds. The quantitative estimate of drug-likeness (QED) is 0.135. The third-order valence-corrected chi connectivity index (χ3v) is 6.52. The topological polar surface area (TPSA) is 82.3 Å². The molecule has 0 aliphatic carbocycles. The Bertz CT molecular complexity index is 1660. The Hall–Kier alpha value is -4.30. The van der Waals surface area contributed by atoms with Gasteiger partial charge in [-0.1, -0.05) is 36.4 Å². The molecule has 5 rings (SSSR count). The van der Waals surface area contributed by atoms with Crippen molar-refractivity contribution < 1.29 is 23.4 Å². The van der Waals surface area contributed by atoms with Crippen LogP contribution in [0.2, 0.25) is 0 Å². The van der Waals surface area contributed by atoms with Crippen molar-refractivity contribution in [3.05, 3.63) is 100 Å². The van der Waals surface area contributed by atoms with Crippen LogP contribution in [0, 0.1) is 0 Å². The van der Waals surface area contributed by atoms with Crippen molar-refractivity contribution in [1.82, 2.24) is 5.43 Å². The van der Waals surface area contributed by atoms with Crippen LogP contribution in [-0.2, 0) is 6.61 Å². The summed E-state index contributed by atoms with van der Waals surface area (Å²) in [5, 5.41) is 7.23. The van der Waals surface area contributed by atoms with E-state index in [1.165, 1.54) is 11.6 Å². The highest BCUT2D eigenvalue weighted by Crippen LogP contribution is 2.37. The van der Waals surface area contributed by atoms with Crippen LogP contribution < -0.4 is 19.6 Å². The number of hydrazone groups is 1. The molecule has 198 valence electrons. The van der Waals surface area contributed by atoms with Crippen LogP contribution in [0.15, 0.2) is 92.9 Å². The first-order valence-electron chi connectivity index (χ1n) is 12.6. The number of ether oxygens (including phenoxy) is 3. The molecule has 1 aromatic heterocycles. The molecule has 8 heteroatoms. The molecule has 0 radical (unpaired) electrons. The zero-order valence-corrected chi connectivity index (χ0v) is 23.2. The number of hydrogen-bond donors (Lipinski definition) is 1. The molecule has 0 aliphatic rings. The van der Waals surface area contributed by atoms with Gasteiger partial charge in [-0.2, -0.15) is 5.10 Å². The number of halogens is 1. The zero-order valence-electron chi connectivity index (χ0n) is 21.6. The van der Waals surface area contributed by atoms with Gasteiger partial charge in [-0.15, -0.1) is 0 Å². The fourth-order valence-electron chi connectivity index (χ4n) is 4.16. The Balaban J connectivity index is 1.27. The highest BCUT2D eigenvalue weighted by atomic mass is 79.9. The van der Waals surface area contributed by atoms with E-state index in [0.29, 0.717) is 41.4 Å². The summed E-state index contributed by atoms with van der Waals surface area (Å²) < 4.78 is 23.9. The van der Waals surface area contributed by atoms with Crippen LogP contribution >= 0.6 is 15.9 Å². The Morgan fingerprint density at radius 3 is 2.54 bits per heavy atom. The number of carbonyl (C=O) groups is 1. The average Bonchev–Trinajstić information content (AvgIpc) is 3.37. The van der Waals surface area contributed by atoms with E-state index in [0.717, 1.165) is 27.6 Å². The van der Waals surface area contributed by atoms with Gasteiger partial charge in [0.2, 0.25) is 0 Å². The lowest BCUT2D eigenvalue weighted by Gasteiger charge is -2.15. The molecule has 0 fully saturated rings. The van der Waals surface area contributed by atoms with Crippen molar-refractivity contribution in [3.8, 4) is 17.2 Å². The normalized spacial score (nSPS) is 11.3. The molecule has 4 aromatic carbocycles. The van der Waals surface area contributed by atoms with E-state index < -0.39 is 5.91 Å². The van der Waals surface area contributed by atoms with Gasteiger partial charge in [-0.3, -0.25) is 4.79 Å². The van der Waals surface area contributed by atoms with Gasteiger partial charge in [0.05, 0.1) is 23.9 Å². The van der Waals surface area contributed by atoms with Gasteiger partial charge in [-0.05, 0) is 94.1 Å². The van der Waals surface area contributed by atoms with E-state index in [1.807, 2.05) is 44.2 Å². The Labute approximate surface area is 234 Å². The van der Waals surface area contributed by atoms with E-state index in [2.05, 4.69) is 56.8 Å². The summed E-state index contributed by atoms with van der Waals surface area (Å²) in [4.78, 5) is 12.6. The first kappa shape index (κ1) is 26.3. The summed E-state index contributed by atoms with van der Waals surface area (Å²) in [6.45, 7) is 5.24. The van der Waals surface area contributed by atoms with Gasteiger partial charge in [0.1, 0.15) is 17.9 Å². The van der Waals surface area contributed by atoms with Gasteiger partial charge >= 0.3 is 5.91 Å². The molecule has 0 unspecified atom stereocenters. The Kier molecular flexibility index (Phi) is 8.13. The fourth-order valence-corrected chi connectivity index (χ4v) is 4.73. The number of benzene rings is 4. The zero-order chi connectivity index (χ0) is 27.2. The van der Waals surface area contributed by atoms with Crippen LogP contribution in [0.4, 0.5) is 0 Å². The van der Waals surface area contributed by atoms with Gasteiger partial charge in [-0.25, -0.2) is 5.43 Å². The molecular weight excluding hydrogens is 560 g/mol. The second kappa shape index (κ2) is 12.0. The van der Waals surface area contributed by atoms with Crippen LogP contribution in [0.25, 0.3) is 21.7 Å². The second-order valence-corrected chi connectivity index (χ2v) is 9.53. The van der Waals surface area contributed by atoms with Gasteiger partial charge in [0.15, 0.2) is 17.3 Å². The van der Waals surface area contributed by atoms with E-state index >= 15 is 0 Å². The highest BCUT2D eigenvalue weighted by Gasteiger charge is 2.14. The molecule has 0 aliphatic heterocycles. The maximum atomic E-state index is 12.6. The molecule has 0 saturated heterocycles. The molecular formula is C31H27BrN2O5. The van der Waals surface area contributed by atoms with Gasteiger partial charge in [0.25, 0.3) is 0 Å². The molecule has 7 nitrogen and oxygen atoms in total. The number of hydrogen-bond acceptors (Lipinski definition) is 6. The number of carbonyl (C=O) groups excluding carboxylic acids is 1. The Morgan fingerprint density at radius 2 is 1.72 bits per heavy atom. The van der Waals surface area contributed by atoms with Crippen molar-refractivity contribution in [3.63, 3.8) is 0 Å². The molecule has 0 bridgehead atoms. The van der Waals surface area contributed by atoms with Gasteiger partial charge in [0, 0.05) is 5.39 Å². The van der Waals surface area contributed by atoms with Crippen LogP contribution in [0.1, 0.15) is 35.5 Å². The van der Waals surface area contributed by atoms with Crippen molar-refractivity contribution in [2.75, 3.05) is 13.2 Å². The van der Waals surface area contributed by atoms with Crippen molar-refractivity contribution >= 4 is 49.8 Å². The number of rotatable bonds is 10. The van der Waals surface area contributed by atoms with Crippen LogP contribution in [-0.4, -0.2) is 25.3 Å². The summed E-state index contributed by atoms with van der Waals surface area (Å²) in [5.41, 5.74) is 4.88. The minimum atomic E-state index is -0.458. The first-order chi connectivity index (χ1) is 19.0. The smallest absolute Gasteiger partial charge is 0.307 e. The number of nitrogens with zero attached hydrogens (tertiary/aromatic N) is 1. The molecule has 0 atom stereocenters. The summed E-state index contributed by atoms with van der Waals surface area (Å²) >= 11 is 3.60. The number of nitrogens with one attached hydrogen (secondary N) is 1. The van der Waals surface area contributed by atoms with Crippen molar-refractivity contribution in [2.24, 2.45) is 5.10 Å². The minimum absolute atomic E-state index is 0.157. The molecule has 0 spiro atoms. The monoisotopic (exact) mass is 586 g/mol. The third-order valence-electron chi connectivity index (χ3n) is 5.93. The maximum Gasteiger partial charge on any atom is 0.307 e. The lowest BCUT2D eigenvalue weighted by Crippen LogP contribution is -2.16. The standard InChI is InChI=1S/C31H27BrN2O5/c1-3-36-25-11-12-27-24(16-25)17-29(39-27)31(35)34-33-18-21-14-26(32)30(28(15-21)37-4-2)38-19-20-9-10-22-7-5-6-8-23(22)13-20/h5-18H,3-4,19H2,1-2H3,(H,34,35)/b33-18+. The highest BCUT2D eigenvalue weighted by molar-refractivity contribution is 9.10. The third kappa shape index (κ3) is 6.23. The molecule has 1 heterocycles. The predicted octanol–water partition coefficient (Wildman–Crippen LogP) is 7.49. The first-order valence-corrected chi connectivity index (χ1v) is 13.4. The molecule has 0 saturated carbocycles.